The summed E-state index contributed by atoms with van der Waals surface area (Å²) >= 11 is 12.2. The molecule has 1 saturated carbocycles. The summed E-state index contributed by atoms with van der Waals surface area (Å²) in [4.78, 5) is 22.8. The first-order chi connectivity index (χ1) is 11.0. The van der Waals surface area contributed by atoms with Crippen molar-refractivity contribution in [2.45, 2.75) is 38.1 Å². The highest BCUT2D eigenvalue weighted by molar-refractivity contribution is 6.35. The van der Waals surface area contributed by atoms with Crippen molar-refractivity contribution in [3.05, 3.63) is 33.8 Å². The van der Waals surface area contributed by atoms with Crippen LogP contribution in [0.25, 0.3) is 0 Å². The van der Waals surface area contributed by atoms with Gasteiger partial charge in [0.15, 0.2) is 0 Å². The summed E-state index contributed by atoms with van der Waals surface area (Å²) in [5, 5.41) is 15.8. The third kappa shape index (κ3) is 5.29. The zero-order valence-corrected chi connectivity index (χ0v) is 14.2. The van der Waals surface area contributed by atoms with Crippen LogP contribution in [0, 0.1) is 5.92 Å². The highest BCUT2D eigenvalue weighted by atomic mass is 35.5. The standard InChI is InChI=1S/C16H20Cl2N2O3/c17-13-2-1-3-14(18)12(13)8-9-19-16(23)20-11-6-4-10(5-7-11)15(21)22/h1-3,10-11H,4-9H2,(H,21,22)(H2,19,20,23). The molecule has 0 bridgehead atoms. The molecule has 0 aromatic heterocycles. The number of rotatable bonds is 5. The van der Waals surface area contributed by atoms with E-state index in [2.05, 4.69) is 10.6 Å². The van der Waals surface area contributed by atoms with Crippen molar-refractivity contribution in [2.75, 3.05) is 6.54 Å². The summed E-state index contributed by atoms with van der Waals surface area (Å²) in [7, 11) is 0. The minimum Gasteiger partial charge on any atom is -0.481 e. The second-order valence-electron chi connectivity index (χ2n) is 5.74. The molecule has 7 heteroatoms. The van der Waals surface area contributed by atoms with E-state index in [-0.39, 0.29) is 18.0 Å². The molecule has 0 spiro atoms. The number of benzene rings is 1. The van der Waals surface area contributed by atoms with Crippen molar-refractivity contribution in [2.24, 2.45) is 5.92 Å². The largest absolute Gasteiger partial charge is 0.481 e. The molecule has 3 N–H and O–H groups in total. The molecule has 1 aromatic carbocycles. The van der Waals surface area contributed by atoms with Crippen molar-refractivity contribution in [3.63, 3.8) is 0 Å². The predicted octanol–water partition coefficient (Wildman–Crippen LogP) is 3.48. The molecule has 5 nitrogen and oxygen atoms in total. The van der Waals surface area contributed by atoms with Crippen LogP contribution in [-0.4, -0.2) is 29.7 Å². The molecule has 2 amide bonds. The Morgan fingerprint density at radius 1 is 1.13 bits per heavy atom. The second-order valence-corrected chi connectivity index (χ2v) is 6.55. The fourth-order valence-corrected chi connectivity index (χ4v) is 3.38. The van der Waals surface area contributed by atoms with Crippen LogP contribution in [0.4, 0.5) is 4.79 Å². The Kier molecular flexibility index (Phi) is 6.54. The smallest absolute Gasteiger partial charge is 0.315 e. The van der Waals surface area contributed by atoms with Crippen LogP contribution >= 0.6 is 23.2 Å². The number of carbonyl (C=O) groups excluding carboxylic acids is 1. The number of amides is 2. The summed E-state index contributed by atoms with van der Waals surface area (Å²) in [5.74, 6) is -1.03. The van der Waals surface area contributed by atoms with Crippen LogP contribution in [-0.2, 0) is 11.2 Å². The summed E-state index contributed by atoms with van der Waals surface area (Å²) < 4.78 is 0. The van der Waals surface area contributed by atoms with Crippen LogP contribution < -0.4 is 10.6 Å². The van der Waals surface area contributed by atoms with Crippen molar-refractivity contribution in [1.29, 1.82) is 0 Å². The molecule has 0 saturated heterocycles. The van der Waals surface area contributed by atoms with E-state index in [0.29, 0.717) is 48.7 Å². The average Bonchev–Trinajstić information content (AvgIpc) is 2.51. The molecule has 23 heavy (non-hydrogen) atoms. The molecular weight excluding hydrogens is 339 g/mol. The van der Waals surface area contributed by atoms with Gasteiger partial charge in [0.05, 0.1) is 5.92 Å². The number of carbonyl (C=O) groups is 2. The number of hydrogen-bond donors (Lipinski definition) is 3. The molecule has 0 radical (unpaired) electrons. The first-order valence-corrected chi connectivity index (χ1v) is 8.43. The molecular formula is C16H20Cl2N2O3. The minimum atomic E-state index is -0.746. The zero-order valence-electron chi connectivity index (χ0n) is 12.6. The molecule has 126 valence electrons. The van der Waals surface area contributed by atoms with Crippen molar-refractivity contribution in [1.82, 2.24) is 10.6 Å². The second kappa shape index (κ2) is 8.41. The molecule has 1 aromatic rings. The van der Waals surface area contributed by atoms with Gasteiger partial charge in [0.1, 0.15) is 0 Å². The fourth-order valence-electron chi connectivity index (χ4n) is 2.79. The molecule has 2 rings (SSSR count). The Balaban J connectivity index is 1.71. The van der Waals surface area contributed by atoms with Gasteiger partial charge in [-0.1, -0.05) is 29.3 Å². The molecule has 0 heterocycles. The number of nitrogens with one attached hydrogen (secondary N) is 2. The quantitative estimate of drug-likeness (QED) is 0.753. The van der Waals surface area contributed by atoms with E-state index >= 15 is 0 Å². The number of carboxylic acid groups (broad SMARTS) is 1. The monoisotopic (exact) mass is 358 g/mol. The first kappa shape index (κ1) is 17.9. The van der Waals surface area contributed by atoms with E-state index in [1.54, 1.807) is 18.2 Å². The third-order valence-corrected chi connectivity index (χ3v) is 4.84. The van der Waals surface area contributed by atoms with Gasteiger partial charge >= 0.3 is 12.0 Å². The number of hydrogen-bond acceptors (Lipinski definition) is 2. The van der Waals surface area contributed by atoms with E-state index in [4.69, 9.17) is 28.3 Å². The van der Waals surface area contributed by atoms with Crippen LogP contribution in [0.5, 0.6) is 0 Å². The van der Waals surface area contributed by atoms with Crippen molar-refractivity contribution in [3.8, 4) is 0 Å². The molecule has 0 atom stereocenters. The lowest BCUT2D eigenvalue weighted by Gasteiger charge is -2.26. The van der Waals surface area contributed by atoms with Gasteiger partial charge in [-0.25, -0.2) is 4.79 Å². The SMILES string of the molecule is O=C(NCCc1c(Cl)cccc1Cl)NC1CCC(C(=O)O)CC1. The van der Waals surface area contributed by atoms with Gasteiger partial charge < -0.3 is 15.7 Å². The lowest BCUT2D eigenvalue weighted by molar-refractivity contribution is -0.142. The van der Waals surface area contributed by atoms with Crippen molar-refractivity contribution >= 4 is 35.2 Å². The van der Waals surface area contributed by atoms with Crippen LogP contribution in [0.1, 0.15) is 31.2 Å². The van der Waals surface area contributed by atoms with Gasteiger partial charge in [-0.05, 0) is 49.8 Å². The number of urea groups is 1. The van der Waals surface area contributed by atoms with Gasteiger partial charge in [0.25, 0.3) is 0 Å². The lowest BCUT2D eigenvalue weighted by Crippen LogP contribution is -2.44. The molecule has 0 unspecified atom stereocenters. The Bertz CT molecular complexity index is 552. The zero-order chi connectivity index (χ0) is 16.8. The Morgan fingerprint density at radius 3 is 2.30 bits per heavy atom. The lowest BCUT2D eigenvalue weighted by atomic mass is 9.86. The normalized spacial score (nSPS) is 20.8. The van der Waals surface area contributed by atoms with E-state index < -0.39 is 5.97 Å². The summed E-state index contributed by atoms with van der Waals surface area (Å²) in [6.45, 7) is 0.430. The maximum absolute atomic E-state index is 11.9. The van der Waals surface area contributed by atoms with Gasteiger partial charge in [-0.15, -0.1) is 0 Å². The van der Waals surface area contributed by atoms with Gasteiger partial charge in [-0.2, -0.15) is 0 Å². The summed E-state index contributed by atoms with van der Waals surface area (Å²) in [6, 6.07) is 5.11. The van der Waals surface area contributed by atoms with E-state index in [1.165, 1.54) is 0 Å². The predicted molar refractivity (Wildman–Crippen MR) is 90.1 cm³/mol. The highest BCUT2D eigenvalue weighted by Crippen LogP contribution is 2.25. The highest BCUT2D eigenvalue weighted by Gasteiger charge is 2.26. The van der Waals surface area contributed by atoms with Gasteiger partial charge in [-0.3, -0.25) is 4.79 Å². The van der Waals surface area contributed by atoms with Crippen LogP contribution in [0.2, 0.25) is 10.0 Å². The Hall–Kier alpha value is -1.46. The topological polar surface area (TPSA) is 78.4 Å². The summed E-state index contributed by atoms with van der Waals surface area (Å²) in [5.41, 5.74) is 0.818. The Morgan fingerprint density at radius 2 is 1.74 bits per heavy atom. The molecule has 0 aliphatic heterocycles. The van der Waals surface area contributed by atoms with Crippen molar-refractivity contribution < 1.29 is 14.7 Å². The first-order valence-electron chi connectivity index (χ1n) is 7.67. The van der Waals surface area contributed by atoms with Crippen LogP contribution in [0.15, 0.2) is 18.2 Å². The fraction of sp³-hybridized carbons (Fsp3) is 0.500. The third-order valence-electron chi connectivity index (χ3n) is 4.13. The molecule has 1 aliphatic rings. The number of carboxylic acids is 1. The number of halogens is 2. The maximum Gasteiger partial charge on any atom is 0.315 e. The average molecular weight is 359 g/mol. The maximum atomic E-state index is 11.9. The molecule has 1 aliphatic carbocycles. The molecule has 1 fully saturated rings. The van der Waals surface area contributed by atoms with E-state index in [0.717, 1.165) is 5.56 Å². The summed E-state index contributed by atoms with van der Waals surface area (Å²) in [6.07, 6.45) is 3.16. The van der Waals surface area contributed by atoms with Gasteiger partial charge in [0, 0.05) is 22.6 Å². The van der Waals surface area contributed by atoms with E-state index in [9.17, 15) is 9.59 Å². The minimum absolute atomic E-state index is 0.0366. The number of aliphatic carboxylic acids is 1. The Labute approximate surface area is 145 Å². The van der Waals surface area contributed by atoms with Gasteiger partial charge in [0.2, 0.25) is 0 Å². The van der Waals surface area contributed by atoms with Crippen LogP contribution in [0.3, 0.4) is 0 Å². The van der Waals surface area contributed by atoms with E-state index in [1.807, 2.05) is 0 Å².